The van der Waals surface area contributed by atoms with Crippen LogP contribution in [0.4, 0.5) is 0 Å². The maximum absolute atomic E-state index is 11.8. The van der Waals surface area contributed by atoms with Crippen molar-refractivity contribution in [3.63, 3.8) is 0 Å². The van der Waals surface area contributed by atoms with Crippen LogP contribution in [0.15, 0.2) is 47.4 Å². The van der Waals surface area contributed by atoms with E-state index in [1.807, 2.05) is 0 Å². The van der Waals surface area contributed by atoms with Crippen LogP contribution in [0.1, 0.15) is 57.4 Å². The summed E-state index contributed by atoms with van der Waals surface area (Å²) in [7, 11) is -4.34. The van der Waals surface area contributed by atoms with Gasteiger partial charge in [0.05, 0.1) is 0 Å². The molecular formula is C21H27NaO5S. The molecule has 0 aliphatic heterocycles. The number of hydrogen-bond donors (Lipinski definition) is 1. The average Bonchev–Trinajstić information content (AvgIpc) is 2.63. The Morgan fingerprint density at radius 3 is 2.14 bits per heavy atom. The summed E-state index contributed by atoms with van der Waals surface area (Å²) in [6.07, 6.45) is 8.26. The zero-order valence-electron chi connectivity index (χ0n) is 16.7. The van der Waals surface area contributed by atoms with Gasteiger partial charge in [0, 0.05) is 5.56 Å². The van der Waals surface area contributed by atoms with Gasteiger partial charge in [-0.3, -0.25) is 4.55 Å². The van der Waals surface area contributed by atoms with Crippen molar-refractivity contribution in [3.8, 4) is 17.2 Å². The number of hydrogen-bond acceptors (Lipinski definition) is 4. The third-order valence-electron chi connectivity index (χ3n) is 4.45. The monoisotopic (exact) mass is 414 g/mol. The molecule has 0 fully saturated rings. The van der Waals surface area contributed by atoms with Gasteiger partial charge in [-0.25, -0.2) is 0 Å². The molecule has 0 saturated heterocycles. The molecule has 0 unspecified atom stereocenters. The van der Waals surface area contributed by atoms with Crippen LogP contribution in [-0.2, 0) is 16.5 Å². The van der Waals surface area contributed by atoms with Crippen LogP contribution < -0.4 is 39.4 Å². The topological polar surface area (TPSA) is 86.7 Å². The minimum Gasteiger partial charge on any atom is -0.872 e. The van der Waals surface area contributed by atoms with E-state index in [0.717, 1.165) is 19.3 Å². The van der Waals surface area contributed by atoms with Gasteiger partial charge in [0.1, 0.15) is 16.4 Å². The van der Waals surface area contributed by atoms with Crippen LogP contribution in [0.3, 0.4) is 0 Å². The maximum Gasteiger partial charge on any atom is 1.00 e. The summed E-state index contributed by atoms with van der Waals surface area (Å²) in [5.74, 6) is 0.704. The van der Waals surface area contributed by atoms with Gasteiger partial charge in [0.15, 0.2) is 0 Å². The van der Waals surface area contributed by atoms with E-state index >= 15 is 0 Å². The van der Waals surface area contributed by atoms with Crippen molar-refractivity contribution in [2.24, 2.45) is 0 Å². The van der Waals surface area contributed by atoms with Crippen LogP contribution in [0.25, 0.3) is 0 Å². The largest absolute Gasteiger partial charge is 1.00 e. The van der Waals surface area contributed by atoms with E-state index in [9.17, 15) is 18.1 Å². The van der Waals surface area contributed by atoms with E-state index in [4.69, 9.17) is 4.74 Å². The third-order valence-corrected chi connectivity index (χ3v) is 5.39. The molecule has 0 atom stereocenters. The minimum absolute atomic E-state index is 0. The van der Waals surface area contributed by atoms with Gasteiger partial charge in [-0.05, 0) is 37.1 Å². The Morgan fingerprint density at radius 1 is 0.929 bits per heavy atom. The second-order valence-corrected chi connectivity index (χ2v) is 8.04. The predicted octanol–water partition coefficient (Wildman–Crippen LogP) is 2.10. The van der Waals surface area contributed by atoms with E-state index in [2.05, 4.69) is 6.92 Å². The van der Waals surface area contributed by atoms with Gasteiger partial charge in [-0.1, -0.05) is 63.6 Å². The summed E-state index contributed by atoms with van der Waals surface area (Å²) in [4.78, 5) is -0.119. The molecule has 0 aliphatic carbocycles. The van der Waals surface area contributed by atoms with E-state index < -0.39 is 10.1 Å². The fraction of sp³-hybridized carbons (Fsp3) is 0.429. The summed E-state index contributed by atoms with van der Waals surface area (Å²) >= 11 is 0. The first-order valence-corrected chi connectivity index (χ1v) is 10.9. The number of benzene rings is 2. The molecule has 2 aromatic rings. The summed E-state index contributed by atoms with van der Waals surface area (Å²) in [6, 6.07) is 10.5. The molecule has 0 amide bonds. The van der Waals surface area contributed by atoms with Crippen LogP contribution in [0, 0.1) is 0 Å². The van der Waals surface area contributed by atoms with Crippen molar-refractivity contribution in [1.82, 2.24) is 0 Å². The Kier molecular flexibility index (Phi) is 11.2. The molecule has 1 N–H and O–H groups in total. The molecule has 148 valence electrons. The van der Waals surface area contributed by atoms with Crippen molar-refractivity contribution < 1.29 is 52.4 Å². The van der Waals surface area contributed by atoms with Crippen LogP contribution in [0.2, 0.25) is 0 Å². The molecule has 0 bridgehead atoms. The fourth-order valence-corrected chi connectivity index (χ4v) is 3.79. The van der Waals surface area contributed by atoms with Crippen molar-refractivity contribution in [2.45, 2.75) is 63.2 Å². The first-order chi connectivity index (χ1) is 12.9. The Bertz CT molecular complexity index is 819. The molecule has 0 radical (unpaired) electrons. The second kappa shape index (κ2) is 12.5. The normalized spacial score (nSPS) is 11.1. The van der Waals surface area contributed by atoms with Gasteiger partial charge < -0.3 is 9.84 Å². The zero-order valence-corrected chi connectivity index (χ0v) is 19.5. The molecule has 5 nitrogen and oxygen atoms in total. The van der Waals surface area contributed by atoms with Gasteiger partial charge >= 0.3 is 29.6 Å². The van der Waals surface area contributed by atoms with Crippen molar-refractivity contribution in [2.75, 3.05) is 0 Å². The Balaban J connectivity index is 0.00000392. The average molecular weight is 414 g/mol. The van der Waals surface area contributed by atoms with Crippen molar-refractivity contribution in [1.29, 1.82) is 0 Å². The molecule has 28 heavy (non-hydrogen) atoms. The molecule has 0 aromatic heterocycles. The SMILES string of the molecule is CCCCCCCCCc1c(Oc2ccc([O-])cc2)cccc1S(=O)(=O)O.[Na+]. The summed E-state index contributed by atoms with van der Waals surface area (Å²) in [6.45, 7) is 2.18. The van der Waals surface area contributed by atoms with Gasteiger partial charge in [-0.15, -0.1) is 5.75 Å². The van der Waals surface area contributed by atoms with Crippen LogP contribution in [-0.4, -0.2) is 13.0 Å². The predicted molar refractivity (Wildman–Crippen MR) is 104 cm³/mol. The van der Waals surface area contributed by atoms with E-state index in [-0.39, 0.29) is 40.2 Å². The molecule has 7 heteroatoms. The molecule has 0 heterocycles. The Labute approximate surface area is 190 Å². The fourth-order valence-electron chi connectivity index (χ4n) is 3.02. The first kappa shape index (κ1) is 25.0. The van der Waals surface area contributed by atoms with Gasteiger partial charge in [0.25, 0.3) is 10.1 Å². The molecular weight excluding hydrogens is 387 g/mol. The van der Waals surface area contributed by atoms with Crippen LogP contribution in [0.5, 0.6) is 17.2 Å². The van der Waals surface area contributed by atoms with E-state index in [1.165, 1.54) is 49.9 Å². The first-order valence-electron chi connectivity index (χ1n) is 9.46. The Morgan fingerprint density at radius 2 is 1.54 bits per heavy atom. The maximum atomic E-state index is 11.8. The molecule has 0 spiro atoms. The summed E-state index contributed by atoms with van der Waals surface area (Å²) in [5.41, 5.74) is 0.472. The summed E-state index contributed by atoms with van der Waals surface area (Å²) in [5, 5.41) is 11.2. The number of ether oxygens (including phenoxy) is 1. The molecule has 2 rings (SSSR count). The Hall–Kier alpha value is -1.05. The van der Waals surface area contributed by atoms with Crippen molar-refractivity contribution in [3.05, 3.63) is 48.0 Å². The summed E-state index contributed by atoms with van der Waals surface area (Å²) < 4.78 is 38.9. The van der Waals surface area contributed by atoms with Gasteiger partial charge in [-0.2, -0.15) is 8.42 Å². The van der Waals surface area contributed by atoms with Gasteiger partial charge in [0.2, 0.25) is 0 Å². The smallest absolute Gasteiger partial charge is 0.872 e. The zero-order chi connectivity index (χ0) is 19.7. The van der Waals surface area contributed by atoms with Crippen molar-refractivity contribution >= 4 is 10.1 Å². The molecule has 0 aliphatic rings. The quantitative estimate of drug-likeness (QED) is 0.346. The number of rotatable bonds is 11. The minimum atomic E-state index is -4.34. The van der Waals surface area contributed by atoms with Crippen LogP contribution >= 0.6 is 0 Å². The molecule has 2 aromatic carbocycles. The second-order valence-electron chi connectivity index (χ2n) is 6.65. The number of unbranched alkanes of at least 4 members (excludes halogenated alkanes) is 6. The van der Waals surface area contributed by atoms with E-state index in [0.29, 0.717) is 23.5 Å². The third kappa shape index (κ3) is 8.13. The molecule has 0 saturated carbocycles. The van der Waals surface area contributed by atoms with E-state index in [1.54, 1.807) is 18.2 Å². The standard InChI is InChI=1S/C21H28O5S.Na/c1-2-3-4-5-6-7-8-10-19-20(11-9-12-21(19)27(23,24)25)26-18-15-13-17(22)14-16-18;/h9,11-16,22H,2-8,10H2,1H3,(H,23,24,25);/q;+1/p-1.